The van der Waals surface area contributed by atoms with E-state index in [-0.39, 0.29) is 24.3 Å². The first-order valence-electron chi connectivity index (χ1n) is 10.3. The van der Waals surface area contributed by atoms with E-state index in [1.165, 1.54) is 23.2 Å². The number of thiazole rings is 1. The van der Waals surface area contributed by atoms with E-state index in [4.69, 9.17) is 9.15 Å². The molecule has 0 spiro atoms. The molecule has 1 aliphatic heterocycles. The Hall–Kier alpha value is -3.13. The van der Waals surface area contributed by atoms with Gasteiger partial charge in [0.15, 0.2) is 5.76 Å². The fourth-order valence-corrected chi connectivity index (χ4v) is 4.21. The minimum Gasteiger partial charge on any atom is -0.486 e. The summed E-state index contributed by atoms with van der Waals surface area (Å²) in [5.41, 5.74) is 1.93. The van der Waals surface area contributed by atoms with Crippen LogP contribution < -0.4 is 10.1 Å². The van der Waals surface area contributed by atoms with Gasteiger partial charge in [0.1, 0.15) is 17.4 Å². The van der Waals surface area contributed by atoms with Crippen molar-refractivity contribution in [2.24, 2.45) is 0 Å². The van der Waals surface area contributed by atoms with Crippen LogP contribution in [-0.4, -0.2) is 40.8 Å². The Bertz CT molecular complexity index is 1010. The SMILES string of the molecule is Cc1ccc(OCc2nc(CC(=O)NC3CCN(C(=O)c4ccco4)CC3)cs2)cc1. The number of hydrogen-bond acceptors (Lipinski definition) is 6. The van der Waals surface area contributed by atoms with Crippen molar-refractivity contribution in [3.8, 4) is 5.75 Å². The lowest BCUT2D eigenvalue weighted by Crippen LogP contribution is -2.46. The van der Waals surface area contributed by atoms with Crippen molar-refractivity contribution in [2.75, 3.05) is 13.1 Å². The standard InChI is InChI=1S/C23H25N3O4S/c1-16-4-6-19(7-5-16)30-14-22-25-18(15-31-22)13-21(27)24-17-8-10-26(11-9-17)23(28)20-3-2-12-29-20/h2-7,12,15,17H,8-11,13-14H2,1H3,(H,24,27). The highest BCUT2D eigenvalue weighted by Gasteiger charge is 2.26. The first-order chi connectivity index (χ1) is 15.1. The van der Waals surface area contributed by atoms with Crippen molar-refractivity contribution >= 4 is 23.2 Å². The van der Waals surface area contributed by atoms with Crippen LogP contribution in [0.15, 0.2) is 52.5 Å². The summed E-state index contributed by atoms with van der Waals surface area (Å²) in [7, 11) is 0. The molecule has 1 saturated heterocycles. The third-order valence-electron chi connectivity index (χ3n) is 5.20. The van der Waals surface area contributed by atoms with Crippen LogP contribution in [0.1, 0.15) is 39.7 Å². The van der Waals surface area contributed by atoms with Crippen molar-refractivity contribution < 1.29 is 18.7 Å². The number of nitrogens with zero attached hydrogens (tertiary/aromatic N) is 2. The van der Waals surface area contributed by atoms with Gasteiger partial charge in [-0.2, -0.15) is 0 Å². The van der Waals surface area contributed by atoms with Crippen LogP contribution in [0.25, 0.3) is 0 Å². The second-order valence-corrected chi connectivity index (χ2v) is 8.57. The Labute approximate surface area is 185 Å². The number of nitrogens with one attached hydrogen (secondary N) is 1. The van der Waals surface area contributed by atoms with Crippen LogP contribution in [-0.2, 0) is 17.8 Å². The maximum atomic E-state index is 12.4. The molecule has 0 radical (unpaired) electrons. The summed E-state index contributed by atoms with van der Waals surface area (Å²) in [6.45, 7) is 3.62. The molecule has 2 amide bonds. The maximum Gasteiger partial charge on any atom is 0.289 e. The summed E-state index contributed by atoms with van der Waals surface area (Å²) in [5, 5.41) is 5.81. The van der Waals surface area contributed by atoms with Gasteiger partial charge in [0, 0.05) is 24.5 Å². The van der Waals surface area contributed by atoms with Gasteiger partial charge in [-0.3, -0.25) is 9.59 Å². The van der Waals surface area contributed by atoms with E-state index in [0.29, 0.717) is 25.5 Å². The van der Waals surface area contributed by atoms with E-state index in [9.17, 15) is 9.59 Å². The summed E-state index contributed by atoms with van der Waals surface area (Å²) in [5.74, 6) is 1.01. The molecule has 1 aromatic carbocycles. The number of ether oxygens (including phenoxy) is 1. The molecule has 0 aliphatic carbocycles. The van der Waals surface area contributed by atoms with Gasteiger partial charge in [-0.1, -0.05) is 17.7 Å². The molecule has 31 heavy (non-hydrogen) atoms. The van der Waals surface area contributed by atoms with E-state index in [2.05, 4.69) is 10.3 Å². The second-order valence-electron chi connectivity index (χ2n) is 7.62. The monoisotopic (exact) mass is 439 g/mol. The topological polar surface area (TPSA) is 84.7 Å². The van der Waals surface area contributed by atoms with E-state index in [0.717, 1.165) is 29.3 Å². The van der Waals surface area contributed by atoms with Crippen molar-refractivity contribution in [1.82, 2.24) is 15.2 Å². The summed E-state index contributed by atoms with van der Waals surface area (Å²) in [6.07, 6.45) is 3.20. The van der Waals surface area contributed by atoms with Gasteiger partial charge in [-0.15, -0.1) is 11.3 Å². The normalized spacial score (nSPS) is 14.4. The number of rotatable bonds is 7. The van der Waals surface area contributed by atoms with Gasteiger partial charge in [0.05, 0.1) is 18.4 Å². The van der Waals surface area contributed by atoms with E-state index < -0.39 is 0 Å². The minimum absolute atomic E-state index is 0.0490. The van der Waals surface area contributed by atoms with Crippen molar-refractivity contribution in [1.29, 1.82) is 0 Å². The number of aryl methyl sites for hydroxylation is 1. The molecule has 1 N–H and O–H groups in total. The van der Waals surface area contributed by atoms with Crippen LogP contribution in [0.4, 0.5) is 0 Å². The average molecular weight is 440 g/mol. The summed E-state index contributed by atoms with van der Waals surface area (Å²) in [4.78, 5) is 31.0. The van der Waals surface area contributed by atoms with Gasteiger partial charge >= 0.3 is 0 Å². The second kappa shape index (κ2) is 9.78. The summed E-state index contributed by atoms with van der Waals surface area (Å²) in [6, 6.07) is 11.3. The number of piperidine rings is 1. The quantitative estimate of drug-likeness (QED) is 0.608. The molecule has 3 aromatic rings. The minimum atomic E-state index is -0.0994. The largest absolute Gasteiger partial charge is 0.486 e. The molecule has 3 heterocycles. The fourth-order valence-electron chi connectivity index (χ4n) is 3.50. The Balaban J connectivity index is 1.20. The van der Waals surface area contributed by atoms with Gasteiger partial charge in [0.25, 0.3) is 5.91 Å². The highest BCUT2D eigenvalue weighted by atomic mass is 32.1. The Morgan fingerprint density at radius 3 is 2.71 bits per heavy atom. The number of amides is 2. The maximum absolute atomic E-state index is 12.4. The van der Waals surface area contributed by atoms with Crippen LogP contribution in [0.5, 0.6) is 5.75 Å². The number of carbonyl (C=O) groups is 2. The lowest BCUT2D eigenvalue weighted by atomic mass is 10.0. The van der Waals surface area contributed by atoms with Gasteiger partial charge in [-0.25, -0.2) is 4.98 Å². The van der Waals surface area contributed by atoms with Crippen molar-refractivity contribution in [2.45, 2.75) is 38.8 Å². The lowest BCUT2D eigenvalue weighted by molar-refractivity contribution is -0.121. The number of benzene rings is 1. The average Bonchev–Trinajstić information content (AvgIpc) is 3.46. The number of likely N-dealkylation sites (tertiary alicyclic amines) is 1. The Kier molecular flexibility index (Phi) is 6.66. The lowest BCUT2D eigenvalue weighted by Gasteiger charge is -2.31. The van der Waals surface area contributed by atoms with Gasteiger partial charge in [0.2, 0.25) is 5.91 Å². The predicted molar refractivity (Wildman–Crippen MR) is 117 cm³/mol. The van der Waals surface area contributed by atoms with Crippen molar-refractivity contribution in [3.05, 3.63) is 70.1 Å². The number of carbonyl (C=O) groups excluding carboxylic acids is 2. The number of furan rings is 1. The highest BCUT2D eigenvalue weighted by Crippen LogP contribution is 2.17. The molecule has 0 bridgehead atoms. The van der Waals surface area contributed by atoms with Crippen LogP contribution in [0.2, 0.25) is 0 Å². The molecule has 4 rings (SSSR count). The molecule has 7 nitrogen and oxygen atoms in total. The predicted octanol–water partition coefficient (Wildman–Crippen LogP) is 3.59. The number of hydrogen-bond donors (Lipinski definition) is 1. The zero-order chi connectivity index (χ0) is 21.6. The molecule has 162 valence electrons. The van der Waals surface area contributed by atoms with Crippen LogP contribution >= 0.6 is 11.3 Å². The van der Waals surface area contributed by atoms with Crippen LogP contribution in [0.3, 0.4) is 0 Å². The first-order valence-corrected chi connectivity index (χ1v) is 11.2. The molecule has 2 aromatic heterocycles. The van der Waals surface area contributed by atoms with Gasteiger partial charge < -0.3 is 19.4 Å². The van der Waals surface area contributed by atoms with Crippen LogP contribution in [0, 0.1) is 6.92 Å². The molecule has 8 heteroatoms. The molecular formula is C23H25N3O4S. The van der Waals surface area contributed by atoms with E-state index in [1.807, 2.05) is 36.6 Å². The highest BCUT2D eigenvalue weighted by molar-refractivity contribution is 7.09. The smallest absolute Gasteiger partial charge is 0.289 e. The summed E-state index contributed by atoms with van der Waals surface area (Å²) >= 11 is 1.49. The molecule has 0 unspecified atom stereocenters. The molecule has 0 saturated carbocycles. The Morgan fingerprint density at radius 1 is 1.23 bits per heavy atom. The Morgan fingerprint density at radius 2 is 2.00 bits per heavy atom. The molecule has 1 fully saturated rings. The third kappa shape index (κ3) is 5.73. The van der Waals surface area contributed by atoms with Gasteiger partial charge in [-0.05, 0) is 44.0 Å². The third-order valence-corrected chi connectivity index (χ3v) is 6.07. The van der Waals surface area contributed by atoms with E-state index in [1.54, 1.807) is 17.0 Å². The molecule has 0 atom stereocenters. The fraction of sp³-hybridized carbons (Fsp3) is 0.348. The zero-order valence-electron chi connectivity index (χ0n) is 17.4. The molecular weight excluding hydrogens is 414 g/mol. The summed E-state index contributed by atoms with van der Waals surface area (Å²) < 4.78 is 10.9. The number of aromatic nitrogens is 1. The van der Waals surface area contributed by atoms with Crippen molar-refractivity contribution in [3.63, 3.8) is 0 Å². The zero-order valence-corrected chi connectivity index (χ0v) is 18.2. The molecule has 1 aliphatic rings. The first kappa shape index (κ1) is 21.1. The van der Waals surface area contributed by atoms with E-state index >= 15 is 0 Å².